The molecule has 4 unspecified atom stereocenters. The summed E-state index contributed by atoms with van der Waals surface area (Å²) in [5, 5.41) is 11.4. The van der Waals surface area contributed by atoms with E-state index in [1.54, 1.807) is 0 Å². The highest BCUT2D eigenvalue weighted by molar-refractivity contribution is 5.11. The molecular formula is C16H30N2O. The molecule has 3 N–H and O–H groups in total. The van der Waals surface area contributed by atoms with Crippen molar-refractivity contribution in [1.29, 1.82) is 0 Å². The Kier molecular flexibility index (Phi) is 3.43. The lowest BCUT2D eigenvalue weighted by Crippen LogP contribution is -2.53. The molecule has 0 spiro atoms. The molecule has 1 heterocycles. The number of hydrogen-bond acceptors (Lipinski definition) is 3. The van der Waals surface area contributed by atoms with Gasteiger partial charge in [-0.25, -0.2) is 0 Å². The molecule has 3 heteroatoms. The first-order valence-electron chi connectivity index (χ1n) is 8.22. The number of nitrogens with two attached hydrogens (primary N) is 1. The highest BCUT2D eigenvalue weighted by atomic mass is 16.3. The molecule has 3 fully saturated rings. The Morgan fingerprint density at radius 2 is 2.00 bits per heavy atom. The zero-order valence-corrected chi connectivity index (χ0v) is 12.6. The van der Waals surface area contributed by atoms with Crippen molar-refractivity contribution in [3.05, 3.63) is 0 Å². The van der Waals surface area contributed by atoms with Crippen molar-refractivity contribution in [3.63, 3.8) is 0 Å². The molecule has 3 rings (SSSR count). The van der Waals surface area contributed by atoms with Crippen LogP contribution in [0.4, 0.5) is 0 Å². The van der Waals surface area contributed by atoms with Crippen LogP contribution in [0.15, 0.2) is 0 Å². The number of rotatable bonds is 4. The Morgan fingerprint density at radius 1 is 1.26 bits per heavy atom. The quantitative estimate of drug-likeness (QED) is 0.819. The van der Waals surface area contributed by atoms with Crippen molar-refractivity contribution >= 4 is 0 Å². The molecule has 4 atom stereocenters. The van der Waals surface area contributed by atoms with Gasteiger partial charge in [-0.3, -0.25) is 4.90 Å². The number of nitrogens with zero attached hydrogens (tertiary/aromatic N) is 1. The molecular weight excluding hydrogens is 236 g/mol. The summed E-state index contributed by atoms with van der Waals surface area (Å²) in [6.07, 6.45) is 8.34. The second kappa shape index (κ2) is 4.71. The van der Waals surface area contributed by atoms with Crippen molar-refractivity contribution < 1.29 is 5.11 Å². The minimum absolute atomic E-state index is 0.00836. The second-order valence-corrected chi connectivity index (χ2v) is 7.49. The summed E-state index contributed by atoms with van der Waals surface area (Å²) in [6, 6.07) is 1.28. The van der Waals surface area contributed by atoms with Gasteiger partial charge in [-0.05, 0) is 51.4 Å². The SMILES string of the molecule is CCC1CCC(CN)(C2(O)CC(C)N(C3CC3)C2)C1. The molecule has 19 heavy (non-hydrogen) atoms. The van der Waals surface area contributed by atoms with Gasteiger partial charge in [-0.2, -0.15) is 0 Å². The zero-order valence-electron chi connectivity index (χ0n) is 12.6. The summed E-state index contributed by atoms with van der Waals surface area (Å²) in [7, 11) is 0. The molecule has 0 radical (unpaired) electrons. The summed E-state index contributed by atoms with van der Waals surface area (Å²) < 4.78 is 0. The van der Waals surface area contributed by atoms with E-state index in [4.69, 9.17) is 5.73 Å². The average Bonchev–Trinajstić information content (AvgIpc) is 3.05. The van der Waals surface area contributed by atoms with Crippen LogP contribution in [0.25, 0.3) is 0 Å². The number of aliphatic hydroxyl groups is 1. The van der Waals surface area contributed by atoms with E-state index in [-0.39, 0.29) is 5.41 Å². The Balaban J connectivity index is 1.79. The van der Waals surface area contributed by atoms with Crippen LogP contribution in [0.2, 0.25) is 0 Å². The normalized spacial score (nSPS) is 48.0. The van der Waals surface area contributed by atoms with E-state index in [2.05, 4.69) is 18.7 Å². The van der Waals surface area contributed by atoms with Gasteiger partial charge in [0.2, 0.25) is 0 Å². The van der Waals surface area contributed by atoms with Gasteiger partial charge in [0.1, 0.15) is 0 Å². The molecule has 110 valence electrons. The summed E-state index contributed by atoms with van der Waals surface area (Å²) in [5.74, 6) is 0.776. The standard InChI is InChI=1S/C16H30N2O/c1-3-13-6-7-15(9-13,10-17)16(19)8-12(2)18(11-16)14-4-5-14/h12-14,19H,3-11,17H2,1-2H3. The predicted molar refractivity (Wildman–Crippen MR) is 77.9 cm³/mol. The maximum Gasteiger partial charge on any atom is 0.0857 e. The Hall–Kier alpha value is -0.120. The van der Waals surface area contributed by atoms with Gasteiger partial charge in [0, 0.05) is 30.6 Å². The molecule has 0 amide bonds. The van der Waals surface area contributed by atoms with Crippen LogP contribution in [-0.2, 0) is 0 Å². The first-order valence-corrected chi connectivity index (χ1v) is 8.22. The maximum absolute atomic E-state index is 11.4. The van der Waals surface area contributed by atoms with Crippen LogP contribution in [0, 0.1) is 11.3 Å². The minimum Gasteiger partial charge on any atom is -0.388 e. The Bertz CT molecular complexity index is 344. The number of likely N-dealkylation sites (tertiary alicyclic amines) is 1. The highest BCUT2D eigenvalue weighted by Crippen LogP contribution is 2.54. The fraction of sp³-hybridized carbons (Fsp3) is 1.00. The number of hydrogen-bond donors (Lipinski definition) is 2. The second-order valence-electron chi connectivity index (χ2n) is 7.49. The molecule has 2 saturated carbocycles. The van der Waals surface area contributed by atoms with Gasteiger partial charge in [0.25, 0.3) is 0 Å². The zero-order chi connectivity index (χ0) is 13.7. The molecule has 3 aliphatic rings. The van der Waals surface area contributed by atoms with Crippen LogP contribution < -0.4 is 5.73 Å². The van der Waals surface area contributed by atoms with E-state index < -0.39 is 5.60 Å². The van der Waals surface area contributed by atoms with Crippen LogP contribution in [0.1, 0.15) is 58.8 Å². The summed E-state index contributed by atoms with van der Waals surface area (Å²) in [6.45, 7) is 6.08. The predicted octanol–water partition coefficient (Wildman–Crippen LogP) is 2.13. The molecule has 0 bridgehead atoms. The van der Waals surface area contributed by atoms with Gasteiger partial charge < -0.3 is 10.8 Å². The summed E-state index contributed by atoms with van der Waals surface area (Å²) >= 11 is 0. The van der Waals surface area contributed by atoms with Gasteiger partial charge >= 0.3 is 0 Å². The molecule has 0 aromatic heterocycles. The van der Waals surface area contributed by atoms with E-state index in [1.807, 2.05) is 0 Å². The Morgan fingerprint density at radius 3 is 2.53 bits per heavy atom. The third-order valence-electron chi connectivity index (χ3n) is 6.33. The summed E-state index contributed by atoms with van der Waals surface area (Å²) in [4.78, 5) is 2.55. The smallest absolute Gasteiger partial charge is 0.0857 e. The van der Waals surface area contributed by atoms with Crippen molar-refractivity contribution in [2.75, 3.05) is 13.1 Å². The fourth-order valence-electron chi connectivity index (χ4n) is 4.79. The molecule has 0 aromatic carbocycles. The molecule has 2 aliphatic carbocycles. The molecule has 0 aromatic rings. The maximum atomic E-state index is 11.4. The molecule has 1 saturated heterocycles. The van der Waals surface area contributed by atoms with E-state index >= 15 is 0 Å². The van der Waals surface area contributed by atoms with Crippen molar-refractivity contribution in [2.24, 2.45) is 17.1 Å². The highest BCUT2D eigenvalue weighted by Gasteiger charge is 2.58. The van der Waals surface area contributed by atoms with Crippen molar-refractivity contribution in [1.82, 2.24) is 4.90 Å². The lowest BCUT2D eigenvalue weighted by Gasteiger charge is -2.42. The molecule has 3 nitrogen and oxygen atoms in total. The fourth-order valence-corrected chi connectivity index (χ4v) is 4.79. The van der Waals surface area contributed by atoms with Crippen LogP contribution in [-0.4, -0.2) is 40.8 Å². The van der Waals surface area contributed by atoms with Gasteiger partial charge in [-0.15, -0.1) is 0 Å². The van der Waals surface area contributed by atoms with E-state index in [0.29, 0.717) is 12.6 Å². The average molecular weight is 266 g/mol. The van der Waals surface area contributed by atoms with Gasteiger partial charge in [0.15, 0.2) is 0 Å². The van der Waals surface area contributed by atoms with E-state index in [1.165, 1.54) is 25.7 Å². The van der Waals surface area contributed by atoms with E-state index in [0.717, 1.165) is 37.8 Å². The Labute approximate surface area is 117 Å². The van der Waals surface area contributed by atoms with Crippen molar-refractivity contribution in [3.8, 4) is 0 Å². The van der Waals surface area contributed by atoms with Crippen LogP contribution in [0.5, 0.6) is 0 Å². The first-order chi connectivity index (χ1) is 9.03. The van der Waals surface area contributed by atoms with E-state index in [9.17, 15) is 5.11 Å². The first kappa shape index (κ1) is 13.8. The van der Waals surface area contributed by atoms with Gasteiger partial charge in [0.05, 0.1) is 5.60 Å². The topological polar surface area (TPSA) is 49.5 Å². The van der Waals surface area contributed by atoms with Crippen molar-refractivity contribution in [2.45, 2.75) is 76.5 Å². The summed E-state index contributed by atoms with van der Waals surface area (Å²) in [5.41, 5.74) is 5.61. The monoisotopic (exact) mass is 266 g/mol. The third kappa shape index (κ3) is 2.14. The third-order valence-corrected chi connectivity index (χ3v) is 6.33. The minimum atomic E-state index is -0.534. The van der Waals surface area contributed by atoms with Crippen LogP contribution >= 0.6 is 0 Å². The lowest BCUT2D eigenvalue weighted by molar-refractivity contribution is -0.0714. The van der Waals surface area contributed by atoms with Crippen LogP contribution in [0.3, 0.4) is 0 Å². The lowest BCUT2D eigenvalue weighted by atomic mass is 9.68. The van der Waals surface area contributed by atoms with Gasteiger partial charge in [-0.1, -0.05) is 13.3 Å². The number of β-amino-alcohol motifs (C(OH)–C–C–N with tert-alkyl or cyclic N) is 1. The largest absolute Gasteiger partial charge is 0.388 e. The molecule has 1 aliphatic heterocycles.